The van der Waals surface area contributed by atoms with E-state index in [1.165, 1.54) is 18.4 Å². The van der Waals surface area contributed by atoms with E-state index >= 15 is 0 Å². The summed E-state index contributed by atoms with van der Waals surface area (Å²) < 4.78 is 4.80. The van der Waals surface area contributed by atoms with Crippen molar-refractivity contribution in [2.24, 2.45) is 0 Å². The van der Waals surface area contributed by atoms with E-state index in [0.29, 0.717) is 10.6 Å². The highest BCUT2D eigenvalue weighted by molar-refractivity contribution is 7.16. The van der Waals surface area contributed by atoms with Gasteiger partial charge in [0.1, 0.15) is 5.00 Å². The van der Waals surface area contributed by atoms with E-state index in [9.17, 15) is 9.59 Å². The Morgan fingerprint density at radius 2 is 2.10 bits per heavy atom. The predicted octanol–water partition coefficient (Wildman–Crippen LogP) is 2.23. The number of nitrogens with one attached hydrogen (secondary N) is 2. The topological polar surface area (TPSA) is 67.4 Å². The van der Waals surface area contributed by atoms with E-state index in [2.05, 4.69) is 10.6 Å². The molecule has 1 atom stereocenters. The lowest BCUT2D eigenvalue weighted by atomic mass is 10.0. The lowest BCUT2D eigenvalue weighted by Gasteiger charge is -2.22. The smallest absolute Gasteiger partial charge is 0.341 e. The fraction of sp³-hybridized carbons (Fsp3) is 0.571. The molecule has 1 amide bonds. The van der Waals surface area contributed by atoms with Crippen LogP contribution in [0.5, 0.6) is 0 Å². The van der Waals surface area contributed by atoms with Crippen molar-refractivity contribution in [1.82, 2.24) is 5.32 Å². The molecule has 5 nitrogen and oxygen atoms in total. The van der Waals surface area contributed by atoms with Crippen LogP contribution in [0.3, 0.4) is 0 Å². The van der Waals surface area contributed by atoms with Crippen LogP contribution in [-0.4, -0.2) is 31.6 Å². The molecule has 6 heteroatoms. The van der Waals surface area contributed by atoms with Crippen molar-refractivity contribution in [3.05, 3.63) is 16.0 Å². The van der Waals surface area contributed by atoms with E-state index in [-0.39, 0.29) is 11.9 Å². The monoisotopic (exact) mass is 296 g/mol. The third-order valence-corrected chi connectivity index (χ3v) is 4.76. The number of anilines is 1. The average molecular weight is 296 g/mol. The SMILES string of the molecule is COC(=O)c1c(NC(=O)[C@H]2CCCCN2)sc(C)c1C. The van der Waals surface area contributed by atoms with E-state index in [1.807, 2.05) is 13.8 Å². The molecule has 1 fully saturated rings. The van der Waals surface area contributed by atoms with Gasteiger partial charge in [-0.1, -0.05) is 6.42 Å². The minimum Gasteiger partial charge on any atom is -0.465 e. The highest BCUT2D eigenvalue weighted by Gasteiger charge is 2.25. The summed E-state index contributed by atoms with van der Waals surface area (Å²) in [4.78, 5) is 25.1. The summed E-state index contributed by atoms with van der Waals surface area (Å²) in [5, 5.41) is 6.66. The lowest BCUT2D eigenvalue weighted by molar-refractivity contribution is -0.118. The van der Waals surface area contributed by atoms with Gasteiger partial charge in [-0.2, -0.15) is 0 Å². The van der Waals surface area contributed by atoms with Gasteiger partial charge in [-0.05, 0) is 38.8 Å². The molecule has 1 aliphatic rings. The van der Waals surface area contributed by atoms with Crippen LogP contribution in [-0.2, 0) is 9.53 Å². The highest BCUT2D eigenvalue weighted by atomic mass is 32.1. The van der Waals surface area contributed by atoms with Gasteiger partial charge in [-0.25, -0.2) is 4.79 Å². The van der Waals surface area contributed by atoms with Crippen molar-refractivity contribution in [3.63, 3.8) is 0 Å². The summed E-state index contributed by atoms with van der Waals surface area (Å²) in [6, 6.07) is -0.169. The minimum absolute atomic E-state index is 0.0731. The Bertz CT molecular complexity index is 519. The van der Waals surface area contributed by atoms with E-state index < -0.39 is 5.97 Å². The van der Waals surface area contributed by atoms with Crippen molar-refractivity contribution in [2.75, 3.05) is 19.0 Å². The molecule has 20 heavy (non-hydrogen) atoms. The van der Waals surface area contributed by atoms with Crippen molar-refractivity contribution in [2.45, 2.75) is 39.2 Å². The third-order valence-electron chi connectivity index (χ3n) is 3.64. The van der Waals surface area contributed by atoms with Crippen molar-refractivity contribution in [3.8, 4) is 0 Å². The van der Waals surface area contributed by atoms with Crippen LogP contribution in [0.25, 0.3) is 0 Å². The molecule has 2 rings (SSSR count). The molecule has 2 N–H and O–H groups in total. The van der Waals surface area contributed by atoms with Gasteiger partial charge in [-0.15, -0.1) is 11.3 Å². The van der Waals surface area contributed by atoms with Crippen molar-refractivity contribution < 1.29 is 14.3 Å². The Labute approximate surface area is 122 Å². The molecule has 1 aromatic rings. The summed E-state index contributed by atoms with van der Waals surface area (Å²) >= 11 is 1.42. The van der Waals surface area contributed by atoms with Crippen LogP contribution in [0.2, 0.25) is 0 Å². The number of rotatable bonds is 3. The van der Waals surface area contributed by atoms with Crippen LogP contribution < -0.4 is 10.6 Å². The minimum atomic E-state index is -0.404. The second-order valence-corrected chi connectivity index (χ2v) is 6.20. The number of hydrogen-bond donors (Lipinski definition) is 2. The highest BCUT2D eigenvalue weighted by Crippen LogP contribution is 2.33. The van der Waals surface area contributed by atoms with Crippen molar-refractivity contribution >= 4 is 28.2 Å². The molecule has 1 saturated heterocycles. The van der Waals surface area contributed by atoms with Gasteiger partial charge in [0.15, 0.2) is 0 Å². The molecular weight excluding hydrogens is 276 g/mol. The molecule has 0 saturated carbocycles. The number of hydrogen-bond acceptors (Lipinski definition) is 5. The van der Waals surface area contributed by atoms with Gasteiger partial charge in [-0.3, -0.25) is 4.79 Å². The zero-order valence-electron chi connectivity index (χ0n) is 12.0. The Hall–Kier alpha value is -1.40. The fourth-order valence-electron chi connectivity index (χ4n) is 2.34. The van der Waals surface area contributed by atoms with Crippen molar-refractivity contribution in [1.29, 1.82) is 0 Å². The zero-order chi connectivity index (χ0) is 14.7. The second-order valence-electron chi connectivity index (χ2n) is 4.97. The number of esters is 1. The zero-order valence-corrected chi connectivity index (χ0v) is 12.9. The average Bonchev–Trinajstić information content (AvgIpc) is 2.74. The molecule has 1 aromatic heterocycles. The number of carbonyl (C=O) groups is 2. The third kappa shape index (κ3) is 3.02. The molecule has 0 radical (unpaired) electrons. The van der Waals surface area contributed by atoms with E-state index in [4.69, 9.17) is 4.74 Å². The standard InChI is InChI=1S/C14H20N2O3S/c1-8-9(2)20-13(11(8)14(18)19-3)16-12(17)10-6-4-5-7-15-10/h10,15H,4-7H2,1-3H3,(H,16,17)/t10-/m1/s1. The van der Waals surface area contributed by atoms with E-state index in [0.717, 1.165) is 36.2 Å². The van der Waals surface area contributed by atoms with Gasteiger partial charge in [0, 0.05) is 4.88 Å². The van der Waals surface area contributed by atoms with Crippen LogP contribution in [0.1, 0.15) is 40.1 Å². The first-order valence-electron chi connectivity index (χ1n) is 6.77. The number of piperidine rings is 1. The summed E-state index contributed by atoms with van der Waals surface area (Å²) in [5.74, 6) is -0.477. The normalized spacial score (nSPS) is 18.6. The largest absolute Gasteiger partial charge is 0.465 e. The summed E-state index contributed by atoms with van der Waals surface area (Å²) in [5.41, 5.74) is 1.34. The summed E-state index contributed by atoms with van der Waals surface area (Å²) in [7, 11) is 1.35. The van der Waals surface area contributed by atoms with Crippen LogP contribution in [0.4, 0.5) is 5.00 Å². The first-order chi connectivity index (χ1) is 9.54. The maximum Gasteiger partial charge on any atom is 0.341 e. The number of ether oxygens (including phenoxy) is 1. The predicted molar refractivity (Wildman–Crippen MR) is 79.4 cm³/mol. The van der Waals surface area contributed by atoms with Gasteiger partial charge in [0.25, 0.3) is 0 Å². The fourth-order valence-corrected chi connectivity index (χ4v) is 3.39. The molecule has 0 bridgehead atoms. The van der Waals surface area contributed by atoms with Crippen LogP contribution in [0, 0.1) is 13.8 Å². The Morgan fingerprint density at radius 3 is 2.70 bits per heavy atom. The molecule has 0 unspecified atom stereocenters. The maximum atomic E-state index is 12.2. The second kappa shape index (κ2) is 6.37. The molecule has 0 aromatic carbocycles. The lowest BCUT2D eigenvalue weighted by Crippen LogP contribution is -2.43. The summed E-state index contributed by atoms with van der Waals surface area (Å²) in [6.07, 6.45) is 2.99. The van der Waals surface area contributed by atoms with Gasteiger partial charge in [0.2, 0.25) is 5.91 Å². The van der Waals surface area contributed by atoms with Gasteiger partial charge in [0.05, 0.1) is 18.7 Å². The Kier molecular flexibility index (Phi) is 4.77. The summed E-state index contributed by atoms with van der Waals surface area (Å²) in [6.45, 7) is 4.66. The van der Waals surface area contributed by atoms with E-state index in [1.54, 1.807) is 0 Å². The number of carbonyl (C=O) groups excluding carboxylic acids is 2. The first-order valence-corrected chi connectivity index (χ1v) is 7.58. The Morgan fingerprint density at radius 1 is 1.35 bits per heavy atom. The van der Waals surface area contributed by atoms with Gasteiger partial charge >= 0.3 is 5.97 Å². The molecular formula is C14H20N2O3S. The molecule has 2 heterocycles. The Balaban J connectivity index is 2.18. The number of methoxy groups -OCH3 is 1. The maximum absolute atomic E-state index is 12.2. The first kappa shape index (κ1) is 15.0. The quantitative estimate of drug-likeness (QED) is 0.839. The van der Waals surface area contributed by atoms with Crippen LogP contribution in [0.15, 0.2) is 0 Å². The van der Waals surface area contributed by atoms with Crippen LogP contribution >= 0.6 is 11.3 Å². The molecule has 0 aliphatic carbocycles. The molecule has 0 spiro atoms. The number of aryl methyl sites for hydroxylation is 1. The number of amides is 1. The number of thiophene rings is 1. The van der Waals surface area contributed by atoms with Gasteiger partial charge < -0.3 is 15.4 Å². The molecule has 1 aliphatic heterocycles. The molecule has 110 valence electrons.